The van der Waals surface area contributed by atoms with Crippen LogP contribution in [0.3, 0.4) is 0 Å². The van der Waals surface area contributed by atoms with E-state index in [1.165, 1.54) is 31.4 Å². The van der Waals surface area contributed by atoms with Gasteiger partial charge in [0.2, 0.25) is 0 Å². The van der Waals surface area contributed by atoms with Gasteiger partial charge in [-0.15, -0.1) is 0 Å². The van der Waals surface area contributed by atoms with Gasteiger partial charge >= 0.3 is 0 Å². The molecule has 0 radical (unpaired) electrons. The SMILES string of the molecule is COc1ccc(F)cc1C(=O)NCC(O)c1ccc(Cl)c(F)c1. The minimum atomic E-state index is -1.13. The Balaban J connectivity index is 2.06. The Bertz CT molecular complexity index is 724. The molecule has 2 rings (SSSR count). The number of nitrogens with one attached hydrogen (secondary N) is 1. The van der Waals surface area contributed by atoms with E-state index >= 15 is 0 Å². The molecule has 0 spiro atoms. The summed E-state index contributed by atoms with van der Waals surface area (Å²) < 4.78 is 31.6. The molecule has 0 aliphatic heterocycles. The highest BCUT2D eigenvalue weighted by molar-refractivity contribution is 6.30. The molecule has 0 aliphatic carbocycles. The number of methoxy groups -OCH3 is 1. The lowest BCUT2D eigenvalue weighted by Crippen LogP contribution is -2.28. The lowest BCUT2D eigenvalue weighted by atomic mass is 10.1. The largest absolute Gasteiger partial charge is 0.496 e. The molecular formula is C16H14ClF2NO3. The molecule has 0 bridgehead atoms. The first-order valence-electron chi connectivity index (χ1n) is 6.67. The summed E-state index contributed by atoms with van der Waals surface area (Å²) in [6, 6.07) is 7.37. The molecule has 23 heavy (non-hydrogen) atoms. The summed E-state index contributed by atoms with van der Waals surface area (Å²) in [5.41, 5.74) is 0.264. The molecule has 0 saturated carbocycles. The number of rotatable bonds is 5. The number of amides is 1. The lowest BCUT2D eigenvalue weighted by Gasteiger charge is -2.14. The number of hydrogen-bond donors (Lipinski definition) is 2. The zero-order chi connectivity index (χ0) is 17.0. The summed E-state index contributed by atoms with van der Waals surface area (Å²) in [6.45, 7) is -0.181. The molecule has 2 aromatic rings. The number of benzene rings is 2. The summed E-state index contributed by atoms with van der Waals surface area (Å²) in [4.78, 5) is 12.1. The molecule has 4 nitrogen and oxygen atoms in total. The fraction of sp³-hybridized carbons (Fsp3) is 0.188. The van der Waals surface area contributed by atoms with Gasteiger partial charge in [0.25, 0.3) is 5.91 Å². The number of halogens is 3. The van der Waals surface area contributed by atoms with Crippen LogP contribution in [0.2, 0.25) is 5.02 Å². The maximum absolute atomic E-state index is 13.4. The minimum absolute atomic E-state index is 0.00184. The van der Waals surface area contributed by atoms with Crippen LogP contribution in [-0.2, 0) is 0 Å². The van der Waals surface area contributed by atoms with Crippen molar-refractivity contribution in [1.29, 1.82) is 0 Å². The van der Waals surface area contributed by atoms with E-state index in [1.54, 1.807) is 0 Å². The average Bonchev–Trinajstić information content (AvgIpc) is 2.54. The number of carbonyl (C=O) groups excluding carboxylic acids is 1. The van der Waals surface area contributed by atoms with Crippen molar-refractivity contribution in [3.8, 4) is 5.75 Å². The van der Waals surface area contributed by atoms with Crippen LogP contribution in [0.4, 0.5) is 8.78 Å². The van der Waals surface area contributed by atoms with Crippen LogP contribution in [0.25, 0.3) is 0 Å². The van der Waals surface area contributed by atoms with Crippen molar-refractivity contribution in [3.05, 3.63) is 64.2 Å². The number of aliphatic hydroxyl groups excluding tert-OH is 1. The van der Waals surface area contributed by atoms with E-state index in [-0.39, 0.29) is 28.4 Å². The van der Waals surface area contributed by atoms with Gasteiger partial charge in [0.1, 0.15) is 17.4 Å². The van der Waals surface area contributed by atoms with E-state index in [1.807, 2.05) is 0 Å². The van der Waals surface area contributed by atoms with Crippen LogP contribution in [0.5, 0.6) is 5.75 Å². The van der Waals surface area contributed by atoms with Gasteiger partial charge in [-0.2, -0.15) is 0 Å². The van der Waals surface area contributed by atoms with Crippen molar-refractivity contribution >= 4 is 17.5 Å². The van der Waals surface area contributed by atoms with Crippen LogP contribution in [0.1, 0.15) is 22.0 Å². The summed E-state index contributed by atoms with van der Waals surface area (Å²) in [5.74, 6) is -1.66. The Labute approximate surface area is 136 Å². The maximum Gasteiger partial charge on any atom is 0.255 e. The van der Waals surface area contributed by atoms with Gasteiger partial charge in [-0.1, -0.05) is 17.7 Å². The number of hydrogen-bond acceptors (Lipinski definition) is 3. The van der Waals surface area contributed by atoms with Gasteiger partial charge in [0, 0.05) is 6.54 Å². The molecule has 0 fully saturated rings. The molecule has 2 aromatic carbocycles. The molecule has 1 amide bonds. The van der Waals surface area contributed by atoms with Crippen LogP contribution in [0, 0.1) is 11.6 Å². The average molecular weight is 342 g/mol. The Morgan fingerprint density at radius 1 is 1.30 bits per heavy atom. The Morgan fingerprint density at radius 3 is 2.70 bits per heavy atom. The highest BCUT2D eigenvalue weighted by Crippen LogP contribution is 2.21. The normalized spacial score (nSPS) is 11.9. The number of ether oxygens (including phenoxy) is 1. The van der Waals surface area contributed by atoms with Gasteiger partial charge in [-0.3, -0.25) is 4.79 Å². The highest BCUT2D eigenvalue weighted by atomic mass is 35.5. The number of aliphatic hydroxyl groups is 1. The van der Waals surface area contributed by atoms with E-state index in [0.29, 0.717) is 0 Å². The topological polar surface area (TPSA) is 58.6 Å². The third-order valence-electron chi connectivity index (χ3n) is 3.19. The second kappa shape index (κ2) is 7.39. The third kappa shape index (κ3) is 4.18. The lowest BCUT2D eigenvalue weighted by molar-refractivity contribution is 0.0912. The zero-order valence-electron chi connectivity index (χ0n) is 12.1. The Hall–Kier alpha value is -2.18. The van der Waals surface area contributed by atoms with Gasteiger partial charge in [0.05, 0.1) is 23.8 Å². The first-order chi connectivity index (χ1) is 10.9. The van der Waals surface area contributed by atoms with E-state index in [4.69, 9.17) is 16.3 Å². The standard InChI is InChI=1S/C16H14ClF2NO3/c1-23-15-5-3-10(18)7-11(15)16(22)20-8-14(21)9-2-4-12(17)13(19)6-9/h2-7,14,21H,8H2,1H3,(H,20,22). The highest BCUT2D eigenvalue weighted by Gasteiger charge is 2.16. The predicted octanol–water partition coefficient (Wildman–Crippen LogP) is 3.09. The van der Waals surface area contributed by atoms with E-state index in [9.17, 15) is 18.7 Å². The van der Waals surface area contributed by atoms with Gasteiger partial charge in [-0.05, 0) is 35.9 Å². The maximum atomic E-state index is 13.4. The molecule has 1 unspecified atom stereocenters. The molecule has 0 saturated heterocycles. The van der Waals surface area contributed by atoms with Crippen molar-refractivity contribution in [1.82, 2.24) is 5.32 Å². The van der Waals surface area contributed by atoms with Crippen LogP contribution in [-0.4, -0.2) is 24.7 Å². The van der Waals surface area contributed by atoms with Gasteiger partial charge < -0.3 is 15.2 Å². The molecular weight excluding hydrogens is 328 g/mol. The van der Waals surface area contributed by atoms with Crippen molar-refractivity contribution in [2.24, 2.45) is 0 Å². The number of carbonyl (C=O) groups is 1. The molecule has 122 valence electrons. The van der Waals surface area contributed by atoms with E-state index in [2.05, 4.69) is 5.32 Å². The fourth-order valence-corrected chi connectivity index (χ4v) is 2.10. The van der Waals surface area contributed by atoms with Crippen LogP contribution in [0.15, 0.2) is 36.4 Å². The van der Waals surface area contributed by atoms with E-state index in [0.717, 1.165) is 12.1 Å². The first-order valence-corrected chi connectivity index (χ1v) is 7.05. The molecule has 7 heteroatoms. The zero-order valence-corrected chi connectivity index (χ0v) is 12.9. The van der Waals surface area contributed by atoms with Crippen molar-refractivity contribution in [2.75, 3.05) is 13.7 Å². The third-order valence-corrected chi connectivity index (χ3v) is 3.50. The molecule has 1 atom stereocenters. The molecule has 0 aliphatic rings. The van der Waals surface area contributed by atoms with Crippen LogP contribution >= 0.6 is 11.6 Å². The van der Waals surface area contributed by atoms with E-state index < -0.39 is 23.6 Å². The van der Waals surface area contributed by atoms with Crippen molar-refractivity contribution in [3.63, 3.8) is 0 Å². The summed E-state index contributed by atoms with van der Waals surface area (Å²) in [7, 11) is 1.36. The monoisotopic (exact) mass is 341 g/mol. The summed E-state index contributed by atoms with van der Waals surface area (Å²) in [6.07, 6.45) is -1.13. The second-order valence-corrected chi connectivity index (χ2v) is 5.15. The Morgan fingerprint density at radius 2 is 2.04 bits per heavy atom. The predicted molar refractivity (Wildman–Crippen MR) is 81.7 cm³/mol. The summed E-state index contributed by atoms with van der Waals surface area (Å²) in [5, 5.41) is 12.4. The first kappa shape index (κ1) is 17.2. The molecule has 2 N–H and O–H groups in total. The summed E-state index contributed by atoms with van der Waals surface area (Å²) >= 11 is 5.57. The second-order valence-electron chi connectivity index (χ2n) is 4.74. The fourth-order valence-electron chi connectivity index (χ4n) is 1.98. The minimum Gasteiger partial charge on any atom is -0.496 e. The Kier molecular flexibility index (Phi) is 5.52. The van der Waals surface area contributed by atoms with Gasteiger partial charge in [0.15, 0.2) is 0 Å². The van der Waals surface area contributed by atoms with Crippen LogP contribution < -0.4 is 10.1 Å². The molecule has 0 heterocycles. The van der Waals surface area contributed by atoms with Crippen molar-refractivity contribution in [2.45, 2.75) is 6.10 Å². The smallest absolute Gasteiger partial charge is 0.255 e. The van der Waals surface area contributed by atoms with Crippen molar-refractivity contribution < 1.29 is 23.4 Å². The van der Waals surface area contributed by atoms with Gasteiger partial charge in [-0.25, -0.2) is 8.78 Å². The quantitative estimate of drug-likeness (QED) is 0.878. The molecule has 0 aromatic heterocycles.